The molecule has 2 aliphatic heterocycles. The molecule has 0 atom stereocenters. The number of piperazine rings is 2. The molecule has 0 radical (unpaired) electrons. The highest BCUT2D eigenvalue weighted by Gasteiger charge is 2.17. The van der Waals surface area contributed by atoms with Crippen LogP contribution in [0.1, 0.15) is 16.7 Å². The van der Waals surface area contributed by atoms with Crippen LogP contribution >= 0.6 is 0 Å². The third kappa shape index (κ3) is 7.77. The number of benzene rings is 3. The van der Waals surface area contributed by atoms with Gasteiger partial charge in [-0.3, -0.25) is 4.79 Å². The number of nitrogens with zero attached hydrogens (tertiary/aromatic N) is 6. The van der Waals surface area contributed by atoms with Crippen LogP contribution in [0.3, 0.4) is 0 Å². The predicted molar refractivity (Wildman–Crippen MR) is 185 cm³/mol. The first-order valence-electron chi connectivity index (χ1n) is 15.9. The standard InChI is InChI=1S/C37H43N7O/c1-4-35(45)25-29-7-5-8-30(24-29)36-31(23-28-11-13-33(14-12-28)43-19-15-41(2)16-20-43)27-38-37(40-36)39-32-9-6-10-34(26-32)44-21-17-42(3)18-22-44/h4-14,24,26-27H,1,15-23,25H2,2-3H3,(H,38,39,40). The molecule has 3 heterocycles. The van der Waals surface area contributed by atoms with Crippen molar-refractivity contribution in [1.82, 2.24) is 19.8 Å². The van der Waals surface area contributed by atoms with Crippen LogP contribution in [0.5, 0.6) is 0 Å². The van der Waals surface area contributed by atoms with Gasteiger partial charge < -0.3 is 24.9 Å². The number of anilines is 4. The number of aromatic nitrogens is 2. The van der Waals surface area contributed by atoms with Gasteiger partial charge in [0.25, 0.3) is 0 Å². The molecule has 2 aliphatic rings. The maximum Gasteiger partial charge on any atom is 0.227 e. The van der Waals surface area contributed by atoms with Crippen molar-refractivity contribution in [1.29, 1.82) is 0 Å². The molecule has 45 heavy (non-hydrogen) atoms. The Morgan fingerprint density at radius 1 is 0.800 bits per heavy atom. The number of hydrogen-bond donors (Lipinski definition) is 1. The van der Waals surface area contributed by atoms with Gasteiger partial charge in [-0.05, 0) is 67.7 Å². The van der Waals surface area contributed by atoms with E-state index in [0.29, 0.717) is 18.8 Å². The second-order valence-electron chi connectivity index (χ2n) is 12.2. The van der Waals surface area contributed by atoms with Crippen molar-refractivity contribution >= 4 is 28.8 Å². The normalized spacial score (nSPS) is 16.0. The summed E-state index contributed by atoms with van der Waals surface area (Å²) >= 11 is 0. The molecule has 3 aromatic carbocycles. The summed E-state index contributed by atoms with van der Waals surface area (Å²) < 4.78 is 0. The second-order valence-corrected chi connectivity index (χ2v) is 12.2. The molecular weight excluding hydrogens is 558 g/mol. The lowest BCUT2D eigenvalue weighted by Crippen LogP contribution is -2.44. The van der Waals surface area contributed by atoms with Crippen LogP contribution in [-0.2, 0) is 17.6 Å². The highest BCUT2D eigenvalue weighted by Crippen LogP contribution is 2.29. The quantitative estimate of drug-likeness (QED) is 0.247. The second kappa shape index (κ2) is 14.1. The van der Waals surface area contributed by atoms with Gasteiger partial charge in [-0.2, -0.15) is 0 Å². The molecule has 1 aromatic heterocycles. The summed E-state index contributed by atoms with van der Waals surface area (Å²) in [6, 6.07) is 25.4. The number of rotatable bonds is 10. The third-order valence-electron chi connectivity index (χ3n) is 8.84. The summed E-state index contributed by atoms with van der Waals surface area (Å²) in [5.41, 5.74) is 8.42. The van der Waals surface area contributed by atoms with Crippen LogP contribution in [0.2, 0.25) is 0 Å². The number of allylic oxidation sites excluding steroid dienone is 1. The zero-order valence-electron chi connectivity index (χ0n) is 26.5. The van der Waals surface area contributed by atoms with E-state index in [4.69, 9.17) is 9.97 Å². The number of hydrogen-bond acceptors (Lipinski definition) is 8. The fourth-order valence-electron chi connectivity index (χ4n) is 6.03. The minimum Gasteiger partial charge on any atom is -0.369 e. The molecule has 0 unspecified atom stereocenters. The van der Waals surface area contributed by atoms with E-state index in [2.05, 4.69) is 106 Å². The van der Waals surface area contributed by atoms with Gasteiger partial charge in [0.15, 0.2) is 5.78 Å². The molecule has 0 saturated carbocycles. The van der Waals surface area contributed by atoms with Gasteiger partial charge in [-0.15, -0.1) is 0 Å². The number of carbonyl (C=O) groups is 1. The van der Waals surface area contributed by atoms with E-state index < -0.39 is 0 Å². The van der Waals surface area contributed by atoms with Crippen molar-refractivity contribution in [3.63, 3.8) is 0 Å². The van der Waals surface area contributed by atoms with Crippen molar-refractivity contribution in [2.24, 2.45) is 0 Å². The molecule has 0 aliphatic carbocycles. The van der Waals surface area contributed by atoms with Gasteiger partial charge in [-0.1, -0.05) is 43.0 Å². The number of likely N-dealkylation sites (N-methyl/N-ethyl adjacent to an activating group) is 2. The number of nitrogens with one attached hydrogen (secondary N) is 1. The molecule has 4 aromatic rings. The van der Waals surface area contributed by atoms with Crippen LogP contribution in [0.4, 0.5) is 23.0 Å². The van der Waals surface area contributed by atoms with Crippen LogP contribution < -0.4 is 15.1 Å². The molecule has 2 fully saturated rings. The molecular formula is C37H43N7O. The van der Waals surface area contributed by atoms with Gasteiger partial charge in [0.2, 0.25) is 5.95 Å². The fourth-order valence-corrected chi connectivity index (χ4v) is 6.03. The molecule has 1 N–H and O–H groups in total. The van der Waals surface area contributed by atoms with Crippen molar-refractivity contribution < 1.29 is 4.79 Å². The van der Waals surface area contributed by atoms with E-state index in [-0.39, 0.29) is 5.78 Å². The van der Waals surface area contributed by atoms with Gasteiger partial charge in [-0.25, -0.2) is 9.97 Å². The molecule has 0 bridgehead atoms. The Morgan fingerprint density at radius 3 is 2.16 bits per heavy atom. The lowest BCUT2D eigenvalue weighted by Gasteiger charge is -2.34. The lowest BCUT2D eigenvalue weighted by molar-refractivity contribution is -0.114. The number of ketones is 1. The zero-order valence-corrected chi connectivity index (χ0v) is 26.5. The Labute approximate surface area is 267 Å². The van der Waals surface area contributed by atoms with Crippen LogP contribution in [-0.4, -0.2) is 92.0 Å². The summed E-state index contributed by atoms with van der Waals surface area (Å²) in [5, 5.41) is 3.46. The monoisotopic (exact) mass is 601 g/mol. The molecule has 6 rings (SSSR count). The first kappa shape index (κ1) is 30.5. The minimum atomic E-state index is -0.00177. The Bertz CT molecular complexity index is 1620. The summed E-state index contributed by atoms with van der Waals surface area (Å²) in [5.74, 6) is 0.542. The lowest BCUT2D eigenvalue weighted by atomic mass is 9.98. The van der Waals surface area contributed by atoms with E-state index in [1.54, 1.807) is 0 Å². The highest BCUT2D eigenvalue weighted by molar-refractivity contribution is 5.91. The summed E-state index contributed by atoms with van der Waals surface area (Å²) in [6.07, 6.45) is 4.33. The van der Waals surface area contributed by atoms with E-state index in [1.165, 1.54) is 23.0 Å². The zero-order chi connectivity index (χ0) is 31.2. The average Bonchev–Trinajstić information content (AvgIpc) is 3.07. The Kier molecular flexibility index (Phi) is 9.52. The van der Waals surface area contributed by atoms with Crippen molar-refractivity contribution in [3.05, 3.63) is 108 Å². The maximum absolute atomic E-state index is 12.1. The molecule has 8 heteroatoms. The van der Waals surface area contributed by atoms with Gasteiger partial charge in [0, 0.05) is 99.6 Å². The summed E-state index contributed by atoms with van der Waals surface area (Å²) in [7, 11) is 4.35. The Balaban J connectivity index is 1.27. The molecule has 2 saturated heterocycles. The minimum absolute atomic E-state index is 0.00177. The van der Waals surface area contributed by atoms with E-state index >= 15 is 0 Å². The van der Waals surface area contributed by atoms with Gasteiger partial charge in [0.1, 0.15) is 0 Å². The smallest absolute Gasteiger partial charge is 0.227 e. The molecule has 8 nitrogen and oxygen atoms in total. The van der Waals surface area contributed by atoms with Crippen LogP contribution in [0, 0.1) is 0 Å². The first-order chi connectivity index (χ1) is 21.9. The first-order valence-corrected chi connectivity index (χ1v) is 15.9. The van der Waals surface area contributed by atoms with Crippen LogP contribution in [0.25, 0.3) is 11.3 Å². The Hall–Kier alpha value is -4.53. The molecule has 232 valence electrons. The third-order valence-corrected chi connectivity index (χ3v) is 8.84. The largest absolute Gasteiger partial charge is 0.369 e. The van der Waals surface area contributed by atoms with Crippen LogP contribution in [0.15, 0.2) is 91.6 Å². The van der Waals surface area contributed by atoms with Crippen molar-refractivity contribution in [2.75, 3.05) is 81.6 Å². The fraction of sp³-hybridized carbons (Fsp3) is 0.324. The van der Waals surface area contributed by atoms with Gasteiger partial charge in [0.05, 0.1) is 5.69 Å². The summed E-state index contributed by atoms with van der Waals surface area (Å²) in [6.45, 7) is 12.0. The average molecular weight is 602 g/mol. The maximum atomic E-state index is 12.1. The molecule has 0 spiro atoms. The highest BCUT2D eigenvalue weighted by atomic mass is 16.1. The van der Waals surface area contributed by atoms with Crippen molar-refractivity contribution in [2.45, 2.75) is 12.8 Å². The SMILES string of the molecule is C=CC(=O)Cc1cccc(-c2nc(Nc3cccc(N4CCN(C)CC4)c3)ncc2Cc2ccc(N3CCN(C)CC3)cc2)c1. The predicted octanol–water partition coefficient (Wildman–Crippen LogP) is 5.28. The van der Waals surface area contributed by atoms with Crippen molar-refractivity contribution in [3.8, 4) is 11.3 Å². The van der Waals surface area contributed by atoms with E-state index in [9.17, 15) is 4.79 Å². The topological polar surface area (TPSA) is 67.8 Å². The van der Waals surface area contributed by atoms with E-state index in [1.807, 2.05) is 18.3 Å². The van der Waals surface area contributed by atoms with Gasteiger partial charge >= 0.3 is 0 Å². The summed E-state index contributed by atoms with van der Waals surface area (Å²) in [4.78, 5) is 31.6. The number of carbonyl (C=O) groups excluding carboxylic acids is 1. The Morgan fingerprint density at radius 2 is 1.47 bits per heavy atom. The molecule has 0 amide bonds. The van der Waals surface area contributed by atoms with E-state index in [0.717, 1.165) is 80.4 Å².